The van der Waals surface area contributed by atoms with Crippen LogP contribution in [0.2, 0.25) is 0 Å². The van der Waals surface area contributed by atoms with Crippen molar-refractivity contribution in [1.82, 2.24) is 15.5 Å². The Hall–Kier alpha value is -0.820. The van der Waals surface area contributed by atoms with Gasteiger partial charge < -0.3 is 10.6 Å². The lowest BCUT2D eigenvalue weighted by molar-refractivity contribution is -0.119. The molecule has 5 nitrogen and oxygen atoms in total. The Morgan fingerprint density at radius 2 is 2.14 bits per heavy atom. The predicted molar refractivity (Wildman–Crippen MR) is 93.6 cm³/mol. The van der Waals surface area contributed by atoms with Gasteiger partial charge in [0, 0.05) is 12.1 Å². The Balaban J connectivity index is 1.71. The summed E-state index contributed by atoms with van der Waals surface area (Å²) in [6, 6.07) is 0.786. The van der Waals surface area contributed by atoms with E-state index < -0.39 is 0 Å². The van der Waals surface area contributed by atoms with Crippen LogP contribution in [0.5, 0.6) is 0 Å². The first kappa shape index (κ1) is 17.5. The average Bonchev–Trinajstić information content (AvgIpc) is 2.94. The lowest BCUT2D eigenvalue weighted by Gasteiger charge is -2.21. The molecule has 7 heteroatoms. The molecule has 1 atom stereocenters. The van der Waals surface area contributed by atoms with E-state index in [2.05, 4.69) is 27.8 Å². The molecule has 0 aromatic carbocycles. The molecule has 1 aromatic heterocycles. The third-order valence-electron chi connectivity index (χ3n) is 3.80. The average molecular weight is 343 g/mol. The number of carbonyl (C=O) groups excluding carboxylic acids is 1. The molecular formula is C15H26N4OS2. The maximum atomic E-state index is 11.8. The number of carbonyl (C=O) groups is 1. The van der Waals surface area contributed by atoms with Crippen LogP contribution in [-0.2, 0) is 4.79 Å². The van der Waals surface area contributed by atoms with Gasteiger partial charge in [-0.05, 0) is 26.2 Å². The second-order valence-electron chi connectivity index (χ2n) is 5.90. The number of anilines is 1. The summed E-state index contributed by atoms with van der Waals surface area (Å²) in [4.78, 5) is 11.8. The van der Waals surface area contributed by atoms with Crippen molar-refractivity contribution in [2.45, 2.75) is 75.2 Å². The van der Waals surface area contributed by atoms with Gasteiger partial charge in [0.15, 0.2) is 4.34 Å². The molecule has 1 fully saturated rings. The smallest absolute Gasteiger partial charge is 0.230 e. The summed E-state index contributed by atoms with van der Waals surface area (Å²) in [5, 5.41) is 15.7. The maximum Gasteiger partial charge on any atom is 0.230 e. The zero-order valence-electron chi connectivity index (χ0n) is 13.4. The Morgan fingerprint density at radius 1 is 1.36 bits per heavy atom. The van der Waals surface area contributed by atoms with Crippen LogP contribution < -0.4 is 10.6 Å². The van der Waals surface area contributed by atoms with E-state index in [1.165, 1.54) is 43.9 Å². The van der Waals surface area contributed by atoms with Crippen LogP contribution in [0.25, 0.3) is 0 Å². The fourth-order valence-electron chi connectivity index (χ4n) is 2.70. The van der Waals surface area contributed by atoms with Crippen molar-refractivity contribution < 1.29 is 4.79 Å². The van der Waals surface area contributed by atoms with E-state index in [9.17, 15) is 4.79 Å². The molecule has 1 aromatic rings. The minimum Gasteiger partial charge on any atom is -0.357 e. The van der Waals surface area contributed by atoms with Crippen LogP contribution in [0.4, 0.5) is 5.13 Å². The van der Waals surface area contributed by atoms with E-state index in [1.807, 2.05) is 6.92 Å². The predicted octanol–water partition coefficient (Wildman–Crippen LogP) is 3.68. The zero-order valence-corrected chi connectivity index (χ0v) is 15.1. The summed E-state index contributed by atoms with van der Waals surface area (Å²) in [6.45, 7) is 4.17. The quantitative estimate of drug-likeness (QED) is 0.706. The summed E-state index contributed by atoms with van der Waals surface area (Å²) in [6.07, 6.45) is 8.49. The van der Waals surface area contributed by atoms with Crippen LogP contribution >= 0.6 is 23.1 Å². The van der Waals surface area contributed by atoms with E-state index >= 15 is 0 Å². The first-order valence-corrected chi connectivity index (χ1v) is 9.99. The topological polar surface area (TPSA) is 66.9 Å². The number of nitrogens with one attached hydrogen (secondary N) is 2. The van der Waals surface area contributed by atoms with Gasteiger partial charge in [0.05, 0.1) is 5.75 Å². The molecule has 22 heavy (non-hydrogen) atoms. The van der Waals surface area contributed by atoms with Crippen LogP contribution in [0, 0.1) is 0 Å². The Kier molecular flexibility index (Phi) is 7.45. The molecule has 1 saturated carbocycles. The standard InChI is InChI=1S/C15H26N4OS2/c1-3-7-11(2)16-13(20)10-21-15-19-18-14(22-15)17-12-8-5-4-6-9-12/h11-12H,3-10H2,1-2H3,(H,16,20)(H,17,18). The number of amides is 1. The Labute approximate surface area is 141 Å². The first-order valence-electron chi connectivity index (χ1n) is 8.19. The van der Waals surface area contributed by atoms with E-state index in [1.54, 1.807) is 11.3 Å². The molecule has 1 aliphatic rings. The molecule has 0 bridgehead atoms. The molecule has 0 spiro atoms. The molecule has 2 N–H and O–H groups in total. The van der Waals surface area contributed by atoms with Gasteiger partial charge >= 0.3 is 0 Å². The molecule has 1 heterocycles. The highest BCUT2D eigenvalue weighted by molar-refractivity contribution is 8.01. The Bertz CT molecular complexity index is 460. The summed E-state index contributed by atoms with van der Waals surface area (Å²) in [5.41, 5.74) is 0. The van der Waals surface area contributed by atoms with Crippen molar-refractivity contribution in [2.75, 3.05) is 11.1 Å². The van der Waals surface area contributed by atoms with Crippen molar-refractivity contribution in [3.8, 4) is 0 Å². The van der Waals surface area contributed by atoms with Gasteiger partial charge in [-0.3, -0.25) is 4.79 Å². The van der Waals surface area contributed by atoms with Crippen molar-refractivity contribution in [3.63, 3.8) is 0 Å². The molecule has 0 saturated heterocycles. The van der Waals surface area contributed by atoms with Gasteiger partial charge in [-0.25, -0.2) is 0 Å². The molecule has 0 aliphatic heterocycles. The number of thioether (sulfide) groups is 1. The minimum atomic E-state index is 0.0722. The van der Waals surface area contributed by atoms with E-state index in [0.29, 0.717) is 11.8 Å². The highest BCUT2D eigenvalue weighted by Crippen LogP contribution is 2.28. The molecule has 1 aliphatic carbocycles. The highest BCUT2D eigenvalue weighted by atomic mass is 32.2. The molecule has 124 valence electrons. The van der Waals surface area contributed by atoms with Crippen molar-refractivity contribution in [2.24, 2.45) is 0 Å². The van der Waals surface area contributed by atoms with Crippen LogP contribution in [0.1, 0.15) is 58.8 Å². The fourth-order valence-corrected chi connectivity index (χ4v) is 4.34. The van der Waals surface area contributed by atoms with Gasteiger partial charge in [0.1, 0.15) is 0 Å². The second-order valence-corrected chi connectivity index (χ2v) is 8.10. The lowest BCUT2D eigenvalue weighted by atomic mass is 9.96. The monoisotopic (exact) mass is 342 g/mol. The molecule has 1 unspecified atom stereocenters. The SMILES string of the molecule is CCCC(C)NC(=O)CSc1nnc(NC2CCCCC2)s1. The summed E-state index contributed by atoms with van der Waals surface area (Å²) in [5.74, 6) is 0.481. The van der Waals surface area contributed by atoms with Gasteiger partial charge in [0.2, 0.25) is 11.0 Å². The molecular weight excluding hydrogens is 316 g/mol. The normalized spacial score (nSPS) is 17.2. The van der Waals surface area contributed by atoms with Crippen LogP contribution in [0.15, 0.2) is 4.34 Å². The van der Waals surface area contributed by atoms with Crippen LogP contribution in [-0.4, -0.2) is 33.9 Å². The van der Waals surface area contributed by atoms with Gasteiger partial charge in [-0.15, -0.1) is 10.2 Å². The zero-order chi connectivity index (χ0) is 15.8. The maximum absolute atomic E-state index is 11.8. The lowest BCUT2D eigenvalue weighted by Crippen LogP contribution is -2.33. The van der Waals surface area contributed by atoms with E-state index in [4.69, 9.17) is 0 Å². The number of rotatable bonds is 8. The van der Waals surface area contributed by atoms with Gasteiger partial charge in [-0.1, -0.05) is 55.7 Å². The fraction of sp³-hybridized carbons (Fsp3) is 0.800. The summed E-state index contributed by atoms with van der Waals surface area (Å²) in [7, 11) is 0. The van der Waals surface area contributed by atoms with Gasteiger partial charge in [-0.2, -0.15) is 0 Å². The van der Waals surface area contributed by atoms with E-state index in [-0.39, 0.29) is 11.9 Å². The third kappa shape index (κ3) is 6.12. The minimum absolute atomic E-state index is 0.0722. The Morgan fingerprint density at radius 3 is 2.86 bits per heavy atom. The van der Waals surface area contributed by atoms with Gasteiger partial charge in [0.25, 0.3) is 0 Å². The van der Waals surface area contributed by atoms with Crippen molar-refractivity contribution in [3.05, 3.63) is 0 Å². The largest absolute Gasteiger partial charge is 0.357 e. The number of aromatic nitrogens is 2. The summed E-state index contributed by atoms with van der Waals surface area (Å²) < 4.78 is 0.858. The first-order chi connectivity index (χ1) is 10.7. The van der Waals surface area contributed by atoms with E-state index in [0.717, 1.165) is 22.3 Å². The molecule has 2 rings (SSSR count). The van der Waals surface area contributed by atoms with Crippen molar-refractivity contribution in [1.29, 1.82) is 0 Å². The molecule has 0 radical (unpaired) electrons. The summed E-state index contributed by atoms with van der Waals surface area (Å²) >= 11 is 3.01. The number of hydrogen-bond donors (Lipinski definition) is 2. The number of nitrogens with zero attached hydrogens (tertiary/aromatic N) is 2. The third-order valence-corrected chi connectivity index (χ3v) is 5.78. The number of hydrogen-bond acceptors (Lipinski definition) is 6. The molecule has 1 amide bonds. The van der Waals surface area contributed by atoms with Crippen LogP contribution in [0.3, 0.4) is 0 Å². The second kappa shape index (κ2) is 9.35. The highest BCUT2D eigenvalue weighted by Gasteiger charge is 2.15. The van der Waals surface area contributed by atoms with Crippen molar-refractivity contribution >= 4 is 34.1 Å².